The summed E-state index contributed by atoms with van der Waals surface area (Å²) in [6, 6.07) is 4.38. The smallest absolute Gasteiger partial charge is 0.230 e. The second kappa shape index (κ2) is 5.49. The van der Waals surface area contributed by atoms with Gasteiger partial charge in [-0.25, -0.2) is 9.37 Å². The van der Waals surface area contributed by atoms with E-state index in [1.54, 1.807) is 10.7 Å². The lowest BCUT2D eigenvalue weighted by molar-refractivity contribution is -0.115. The van der Waals surface area contributed by atoms with Crippen LogP contribution in [0.1, 0.15) is 17.0 Å². The zero-order chi connectivity index (χ0) is 15.9. The molecular weight excluding hydrogens is 303 g/mol. The SMILES string of the molecule is Cc1nn(C)c(C)c1CC(=O)Nc1nc2ccc(F)cc2s1. The van der Waals surface area contributed by atoms with Crippen molar-refractivity contribution < 1.29 is 9.18 Å². The lowest BCUT2D eigenvalue weighted by atomic mass is 10.1. The Kier molecular flexibility index (Phi) is 3.66. The summed E-state index contributed by atoms with van der Waals surface area (Å²) in [6.45, 7) is 3.82. The van der Waals surface area contributed by atoms with E-state index in [0.29, 0.717) is 15.3 Å². The number of amides is 1. The topological polar surface area (TPSA) is 59.8 Å². The maximum Gasteiger partial charge on any atom is 0.230 e. The Bertz CT molecular complexity index is 868. The van der Waals surface area contributed by atoms with E-state index >= 15 is 0 Å². The zero-order valence-electron chi connectivity index (χ0n) is 12.5. The normalized spacial score (nSPS) is 11.1. The third kappa shape index (κ3) is 2.71. The van der Waals surface area contributed by atoms with Gasteiger partial charge in [-0.1, -0.05) is 11.3 Å². The molecule has 3 aromatic rings. The van der Waals surface area contributed by atoms with E-state index in [0.717, 1.165) is 17.0 Å². The van der Waals surface area contributed by atoms with E-state index in [4.69, 9.17) is 0 Å². The second-order valence-electron chi connectivity index (χ2n) is 5.13. The molecule has 3 rings (SSSR count). The van der Waals surface area contributed by atoms with Crippen LogP contribution in [0.15, 0.2) is 18.2 Å². The minimum atomic E-state index is -0.310. The lowest BCUT2D eigenvalue weighted by Gasteiger charge is -2.02. The fourth-order valence-electron chi connectivity index (χ4n) is 2.35. The van der Waals surface area contributed by atoms with Crippen LogP contribution < -0.4 is 5.32 Å². The van der Waals surface area contributed by atoms with Gasteiger partial charge in [-0.2, -0.15) is 5.10 Å². The van der Waals surface area contributed by atoms with Crippen LogP contribution in [0.25, 0.3) is 10.2 Å². The highest BCUT2D eigenvalue weighted by Crippen LogP contribution is 2.26. The Labute approximate surface area is 130 Å². The molecule has 0 saturated heterocycles. The van der Waals surface area contributed by atoms with Crippen LogP contribution in [0, 0.1) is 19.7 Å². The summed E-state index contributed by atoms with van der Waals surface area (Å²) in [5.41, 5.74) is 3.42. The maximum atomic E-state index is 13.2. The van der Waals surface area contributed by atoms with Gasteiger partial charge in [0.15, 0.2) is 5.13 Å². The van der Waals surface area contributed by atoms with Crippen molar-refractivity contribution in [2.45, 2.75) is 20.3 Å². The van der Waals surface area contributed by atoms with Gasteiger partial charge in [0.25, 0.3) is 0 Å². The maximum absolute atomic E-state index is 13.2. The number of nitrogens with one attached hydrogen (secondary N) is 1. The van der Waals surface area contributed by atoms with Crippen molar-refractivity contribution in [1.29, 1.82) is 0 Å². The van der Waals surface area contributed by atoms with Crippen molar-refractivity contribution in [2.75, 3.05) is 5.32 Å². The minimum absolute atomic E-state index is 0.154. The van der Waals surface area contributed by atoms with Gasteiger partial charge in [-0.15, -0.1) is 0 Å². The molecule has 1 aromatic carbocycles. The Morgan fingerprint density at radius 3 is 2.86 bits per heavy atom. The van der Waals surface area contributed by atoms with Crippen LogP contribution in [-0.2, 0) is 18.3 Å². The standard InChI is InChI=1S/C15H15FN4OS/c1-8-11(9(2)20(3)19-8)7-14(21)18-15-17-12-5-4-10(16)6-13(12)22-15/h4-6H,7H2,1-3H3,(H,17,18,21). The number of thiazole rings is 1. The Morgan fingerprint density at radius 2 is 2.18 bits per heavy atom. The number of fused-ring (bicyclic) bond motifs is 1. The zero-order valence-corrected chi connectivity index (χ0v) is 13.3. The molecule has 1 amide bonds. The summed E-state index contributed by atoms with van der Waals surface area (Å²) < 4.78 is 15.6. The first-order chi connectivity index (χ1) is 10.4. The molecular formula is C15H15FN4OS. The van der Waals surface area contributed by atoms with Gasteiger partial charge in [0.2, 0.25) is 5.91 Å². The molecule has 0 aliphatic heterocycles. The lowest BCUT2D eigenvalue weighted by Crippen LogP contribution is -2.15. The highest BCUT2D eigenvalue weighted by Gasteiger charge is 2.15. The molecule has 7 heteroatoms. The summed E-state index contributed by atoms with van der Waals surface area (Å²) in [4.78, 5) is 16.5. The van der Waals surface area contributed by atoms with Crippen LogP contribution in [0.4, 0.5) is 9.52 Å². The fourth-order valence-corrected chi connectivity index (χ4v) is 3.26. The van der Waals surface area contributed by atoms with Crippen molar-refractivity contribution in [2.24, 2.45) is 7.05 Å². The molecule has 114 valence electrons. The molecule has 0 atom stereocenters. The highest BCUT2D eigenvalue weighted by molar-refractivity contribution is 7.22. The van der Waals surface area contributed by atoms with E-state index in [1.165, 1.54) is 23.5 Å². The third-order valence-corrected chi connectivity index (χ3v) is 4.53. The van der Waals surface area contributed by atoms with Crippen molar-refractivity contribution in [3.05, 3.63) is 41.0 Å². The number of hydrogen-bond donors (Lipinski definition) is 1. The second-order valence-corrected chi connectivity index (χ2v) is 6.16. The molecule has 0 aliphatic carbocycles. The number of halogens is 1. The van der Waals surface area contributed by atoms with E-state index in [1.807, 2.05) is 20.9 Å². The summed E-state index contributed by atoms with van der Waals surface area (Å²) in [5, 5.41) is 7.55. The molecule has 0 fully saturated rings. The molecule has 22 heavy (non-hydrogen) atoms. The quantitative estimate of drug-likeness (QED) is 0.807. The Morgan fingerprint density at radius 1 is 1.41 bits per heavy atom. The molecule has 1 N–H and O–H groups in total. The Balaban J connectivity index is 1.78. The average Bonchev–Trinajstić information content (AvgIpc) is 2.94. The van der Waals surface area contributed by atoms with Gasteiger partial charge in [0, 0.05) is 18.3 Å². The first kappa shape index (κ1) is 14.6. The number of nitrogens with zero attached hydrogens (tertiary/aromatic N) is 3. The van der Waals surface area contributed by atoms with Crippen molar-refractivity contribution in [1.82, 2.24) is 14.8 Å². The van der Waals surface area contributed by atoms with Crippen LogP contribution in [0.2, 0.25) is 0 Å². The number of aromatic nitrogens is 3. The first-order valence-corrected chi connectivity index (χ1v) is 7.60. The van der Waals surface area contributed by atoms with E-state index < -0.39 is 0 Å². The highest BCUT2D eigenvalue weighted by atomic mass is 32.1. The van der Waals surface area contributed by atoms with Gasteiger partial charge in [-0.3, -0.25) is 9.48 Å². The van der Waals surface area contributed by atoms with E-state index in [9.17, 15) is 9.18 Å². The van der Waals surface area contributed by atoms with Crippen LogP contribution in [-0.4, -0.2) is 20.7 Å². The number of hydrogen-bond acceptors (Lipinski definition) is 4. The van der Waals surface area contributed by atoms with Crippen molar-refractivity contribution >= 4 is 32.6 Å². The van der Waals surface area contributed by atoms with Crippen molar-refractivity contribution in [3.8, 4) is 0 Å². The minimum Gasteiger partial charge on any atom is -0.302 e. The van der Waals surface area contributed by atoms with E-state index in [2.05, 4.69) is 15.4 Å². The third-order valence-electron chi connectivity index (χ3n) is 3.59. The number of rotatable bonds is 3. The molecule has 5 nitrogen and oxygen atoms in total. The largest absolute Gasteiger partial charge is 0.302 e. The summed E-state index contributed by atoms with van der Waals surface area (Å²) in [5.74, 6) is -0.464. The summed E-state index contributed by atoms with van der Waals surface area (Å²) >= 11 is 1.26. The molecule has 2 aromatic heterocycles. The monoisotopic (exact) mass is 318 g/mol. The first-order valence-electron chi connectivity index (χ1n) is 6.79. The van der Waals surface area contributed by atoms with Gasteiger partial charge in [0.1, 0.15) is 5.82 Å². The molecule has 0 bridgehead atoms. The number of benzene rings is 1. The number of aryl methyl sites for hydroxylation is 2. The molecule has 0 aliphatic rings. The average molecular weight is 318 g/mol. The van der Waals surface area contributed by atoms with Crippen LogP contribution >= 0.6 is 11.3 Å². The van der Waals surface area contributed by atoms with Crippen LogP contribution in [0.3, 0.4) is 0 Å². The number of carbonyl (C=O) groups is 1. The van der Waals surface area contributed by atoms with Gasteiger partial charge >= 0.3 is 0 Å². The summed E-state index contributed by atoms with van der Waals surface area (Å²) in [7, 11) is 1.85. The number of carbonyl (C=O) groups excluding carboxylic acids is 1. The molecule has 2 heterocycles. The predicted octanol–water partition coefficient (Wildman–Crippen LogP) is 2.97. The van der Waals surface area contributed by atoms with Gasteiger partial charge in [-0.05, 0) is 32.0 Å². The van der Waals surface area contributed by atoms with Gasteiger partial charge < -0.3 is 5.32 Å². The van der Waals surface area contributed by atoms with Crippen LogP contribution in [0.5, 0.6) is 0 Å². The Hall–Kier alpha value is -2.28. The van der Waals surface area contributed by atoms with Gasteiger partial charge in [0.05, 0.1) is 22.3 Å². The molecule has 0 spiro atoms. The fraction of sp³-hybridized carbons (Fsp3) is 0.267. The summed E-state index contributed by atoms with van der Waals surface area (Å²) in [6.07, 6.45) is 0.246. The van der Waals surface area contributed by atoms with Crippen molar-refractivity contribution in [3.63, 3.8) is 0 Å². The molecule has 0 saturated carbocycles. The molecule has 0 unspecified atom stereocenters. The molecule has 0 radical (unpaired) electrons. The number of anilines is 1. The van der Waals surface area contributed by atoms with E-state index in [-0.39, 0.29) is 18.1 Å². The predicted molar refractivity (Wildman–Crippen MR) is 84.6 cm³/mol.